The van der Waals surface area contributed by atoms with Gasteiger partial charge in [0.1, 0.15) is 11.6 Å². The third-order valence-electron chi connectivity index (χ3n) is 5.71. The highest BCUT2D eigenvalue weighted by molar-refractivity contribution is 7.92. The van der Waals surface area contributed by atoms with E-state index in [0.717, 1.165) is 18.2 Å². The molecule has 2 atom stereocenters. The lowest BCUT2D eigenvalue weighted by molar-refractivity contribution is -0.150. The molecule has 11 heteroatoms. The summed E-state index contributed by atoms with van der Waals surface area (Å²) >= 11 is 0. The van der Waals surface area contributed by atoms with Crippen LogP contribution in [-0.4, -0.2) is 47.9 Å². The Labute approximate surface area is 187 Å². The summed E-state index contributed by atoms with van der Waals surface area (Å²) in [6, 6.07) is 4.93. The number of anilines is 3. The van der Waals surface area contributed by atoms with Crippen LogP contribution in [0, 0.1) is 12.8 Å². The predicted octanol–water partition coefficient (Wildman–Crippen LogP) is 1.85. The Balaban J connectivity index is 1.85. The monoisotopic (exact) mass is 460 g/mol. The zero-order valence-electron chi connectivity index (χ0n) is 18.5. The molecule has 2 aromatic heterocycles. The maximum absolute atomic E-state index is 13.2. The maximum Gasteiger partial charge on any atom is 0.313 e. The van der Waals surface area contributed by atoms with Crippen LogP contribution >= 0.6 is 0 Å². The predicted molar refractivity (Wildman–Crippen MR) is 122 cm³/mol. The molecule has 0 spiro atoms. The van der Waals surface area contributed by atoms with E-state index in [2.05, 4.69) is 20.0 Å². The maximum atomic E-state index is 13.2. The van der Waals surface area contributed by atoms with Crippen molar-refractivity contribution < 1.29 is 18.0 Å². The number of rotatable bonds is 4. The number of nitrogens with one attached hydrogen (secondary N) is 2. The first-order valence-corrected chi connectivity index (χ1v) is 12.1. The molecule has 3 rings (SSSR count). The SMILES string of the molecule is Cc1cc(NC(=O)C(=O)N2C[C@@H](C)CC[C@@]2(C)c2ccc(NS(C)(=O)=O)nc2)cnc1N. The number of amides is 2. The van der Waals surface area contributed by atoms with Gasteiger partial charge in [-0.1, -0.05) is 13.0 Å². The van der Waals surface area contributed by atoms with Gasteiger partial charge in [0.2, 0.25) is 10.0 Å². The topological polar surface area (TPSA) is 147 Å². The molecule has 4 N–H and O–H groups in total. The molecule has 0 bridgehead atoms. The van der Waals surface area contributed by atoms with Gasteiger partial charge in [-0.25, -0.2) is 18.4 Å². The average Bonchev–Trinajstić information content (AvgIpc) is 2.71. The van der Waals surface area contributed by atoms with E-state index in [1.807, 2.05) is 13.8 Å². The average molecular weight is 461 g/mol. The molecular formula is C21H28N6O4S. The van der Waals surface area contributed by atoms with Crippen molar-refractivity contribution in [2.75, 3.05) is 28.6 Å². The second kappa shape index (κ2) is 8.73. The summed E-state index contributed by atoms with van der Waals surface area (Å²) in [7, 11) is -3.45. The molecule has 2 aromatic rings. The standard InChI is InChI=1S/C21H28N6O4S/c1-13-7-8-21(3,15-5-6-17(23-10-15)26-32(4,30)31)27(12-13)20(29)19(28)25-16-9-14(2)18(22)24-11-16/h5-6,9-11,13H,7-8,12H2,1-4H3,(H2,22,24)(H,23,26)(H,25,28)/t13-,21-/m0/s1. The van der Waals surface area contributed by atoms with Gasteiger partial charge in [0.25, 0.3) is 0 Å². The van der Waals surface area contributed by atoms with Gasteiger partial charge in [-0.3, -0.25) is 14.3 Å². The van der Waals surface area contributed by atoms with E-state index in [4.69, 9.17) is 5.73 Å². The minimum Gasteiger partial charge on any atom is -0.383 e. The van der Waals surface area contributed by atoms with Crippen LogP contribution in [0.3, 0.4) is 0 Å². The normalized spacial score (nSPS) is 21.1. The third kappa shape index (κ3) is 5.16. The summed E-state index contributed by atoms with van der Waals surface area (Å²) in [5.74, 6) is -0.662. The molecule has 1 fully saturated rings. The van der Waals surface area contributed by atoms with Crippen LogP contribution in [0.1, 0.15) is 37.8 Å². The first kappa shape index (κ1) is 23.5. The van der Waals surface area contributed by atoms with Gasteiger partial charge < -0.3 is 16.0 Å². The second-order valence-electron chi connectivity index (χ2n) is 8.52. The molecule has 1 aliphatic heterocycles. The van der Waals surface area contributed by atoms with Crippen molar-refractivity contribution in [2.45, 2.75) is 39.2 Å². The van der Waals surface area contributed by atoms with Gasteiger partial charge in [0.05, 0.1) is 23.7 Å². The van der Waals surface area contributed by atoms with Crippen LogP contribution in [0.2, 0.25) is 0 Å². The lowest BCUT2D eigenvalue weighted by atomic mass is 9.79. The molecule has 0 saturated carbocycles. The van der Waals surface area contributed by atoms with Crippen molar-refractivity contribution in [1.29, 1.82) is 0 Å². The van der Waals surface area contributed by atoms with Crippen molar-refractivity contribution >= 4 is 39.2 Å². The molecular weight excluding hydrogens is 432 g/mol. The number of likely N-dealkylation sites (tertiary alicyclic amines) is 1. The van der Waals surface area contributed by atoms with Gasteiger partial charge in [0, 0.05) is 12.7 Å². The molecule has 0 aromatic carbocycles. The van der Waals surface area contributed by atoms with Crippen molar-refractivity contribution in [2.24, 2.45) is 5.92 Å². The van der Waals surface area contributed by atoms with E-state index in [1.165, 1.54) is 12.4 Å². The number of carbonyl (C=O) groups is 2. The van der Waals surface area contributed by atoms with Gasteiger partial charge in [-0.2, -0.15) is 0 Å². The van der Waals surface area contributed by atoms with Crippen LogP contribution in [0.4, 0.5) is 17.3 Å². The third-order valence-corrected chi connectivity index (χ3v) is 6.29. The van der Waals surface area contributed by atoms with E-state index in [1.54, 1.807) is 30.0 Å². The Kier molecular flexibility index (Phi) is 6.40. The molecule has 10 nitrogen and oxygen atoms in total. The Bertz CT molecular complexity index is 1140. The quantitative estimate of drug-likeness (QED) is 0.590. The summed E-state index contributed by atoms with van der Waals surface area (Å²) in [5, 5.41) is 2.61. The Hall–Kier alpha value is -3.21. The van der Waals surface area contributed by atoms with Crippen molar-refractivity contribution in [3.05, 3.63) is 41.7 Å². The number of sulfonamides is 1. The molecule has 1 aliphatic rings. The molecule has 0 unspecified atom stereocenters. The fourth-order valence-electron chi connectivity index (χ4n) is 3.80. The van der Waals surface area contributed by atoms with Crippen LogP contribution in [0.25, 0.3) is 0 Å². The molecule has 0 radical (unpaired) electrons. The van der Waals surface area contributed by atoms with Gasteiger partial charge in [0.15, 0.2) is 0 Å². The zero-order valence-corrected chi connectivity index (χ0v) is 19.4. The Morgan fingerprint density at radius 2 is 1.97 bits per heavy atom. The molecule has 172 valence electrons. The highest BCUT2D eigenvalue weighted by atomic mass is 32.2. The first-order chi connectivity index (χ1) is 14.9. The van der Waals surface area contributed by atoms with E-state index < -0.39 is 27.4 Å². The lowest BCUT2D eigenvalue weighted by Crippen LogP contribution is -2.55. The van der Waals surface area contributed by atoms with Crippen molar-refractivity contribution in [1.82, 2.24) is 14.9 Å². The second-order valence-corrected chi connectivity index (χ2v) is 10.3. The van der Waals surface area contributed by atoms with E-state index in [0.29, 0.717) is 30.0 Å². The van der Waals surface area contributed by atoms with E-state index in [-0.39, 0.29) is 11.7 Å². The van der Waals surface area contributed by atoms with Crippen LogP contribution in [0.15, 0.2) is 30.6 Å². The van der Waals surface area contributed by atoms with Crippen molar-refractivity contribution in [3.63, 3.8) is 0 Å². The molecule has 3 heterocycles. The van der Waals surface area contributed by atoms with E-state index >= 15 is 0 Å². The number of hydrogen-bond donors (Lipinski definition) is 3. The molecule has 0 aliphatic carbocycles. The number of piperidine rings is 1. The van der Waals surface area contributed by atoms with E-state index in [9.17, 15) is 18.0 Å². The zero-order chi connectivity index (χ0) is 23.7. The number of nitrogens with zero attached hydrogens (tertiary/aromatic N) is 3. The summed E-state index contributed by atoms with van der Waals surface area (Å²) in [6.45, 7) is 6.09. The molecule has 2 amide bonds. The number of aromatic nitrogens is 2. The highest BCUT2D eigenvalue weighted by Crippen LogP contribution is 2.39. The summed E-state index contributed by atoms with van der Waals surface area (Å²) in [5.41, 5.74) is 6.74. The molecule has 32 heavy (non-hydrogen) atoms. The fraction of sp³-hybridized carbons (Fsp3) is 0.429. The Morgan fingerprint density at radius 3 is 2.56 bits per heavy atom. The number of aryl methyl sites for hydroxylation is 1. The van der Waals surface area contributed by atoms with Gasteiger partial charge >= 0.3 is 11.8 Å². The minimum atomic E-state index is -3.45. The lowest BCUT2D eigenvalue weighted by Gasteiger charge is -2.46. The largest absolute Gasteiger partial charge is 0.383 e. The van der Waals surface area contributed by atoms with Gasteiger partial charge in [-0.15, -0.1) is 0 Å². The summed E-state index contributed by atoms with van der Waals surface area (Å²) < 4.78 is 25.2. The number of pyridine rings is 2. The number of nitrogens with two attached hydrogens (primary N) is 1. The number of carbonyl (C=O) groups excluding carboxylic acids is 2. The van der Waals surface area contributed by atoms with Crippen LogP contribution < -0.4 is 15.8 Å². The summed E-state index contributed by atoms with van der Waals surface area (Å²) in [4.78, 5) is 35.7. The first-order valence-electron chi connectivity index (χ1n) is 10.2. The fourth-order valence-corrected chi connectivity index (χ4v) is 4.30. The van der Waals surface area contributed by atoms with Gasteiger partial charge in [-0.05, 0) is 55.9 Å². The summed E-state index contributed by atoms with van der Waals surface area (Å²) in [6.07, 6.45) is 5.49. The smallest absolute Gasteiger partial charge is 0.313 e. The molecule has 1 saturated heterocycles. The number of nitrogen functional groups attached to an aromatic ring is 1. The minimum absolute atomic E-state index is 0.186. The number of hydrogen-bond acceptors (Lipinski definition) is 7. The van der Waals surface area contributed by atoms with Crippen LogP contribution in [-0.2, 0) is 25.2 Å². The van der Waals surface area contributed by atoms with Crippen LogP contribution in [0.5, 0.6) is 0 Å². The highest BCUT2D eigenvalue weighted by Gasteiger charge is 2.43. The Morgan fingerprint density at radius 1 is 1.25 bits per heavy atom. The van der Waals surface area contributed by atoms with Crippen molar-refractivity contribution in [3.8, 4) is 0 Å².